The van der Waals surface area contributed by atoms with Crippen LogP contribution in [-0.4, -0.2) is 30.9 Å². The van der Waals surface area contributed by atoms with Gasteiger partial charge in [0.25, 0.3) is 0 Å². The van der Waals surface area contributed by atoms with E-state index in [0.717, 1.165) is 29.4 Å². The number of amides is 1. The van der Waals surface area contributed by atoms with Crippen molar-refractivity contribution in [3.63, 3.8) is 0 Å². The molecule has 0 bridgehead atoms. The summed E-state index contributed by atoms with van der Waals surface area (Å²) >= 11 is 0. The highest BCUT2D eigenvalue weighted by Gasteiger charge is 2.29. The molecule has 1 fully saturated rings. The van der Waals surface area contributed by atoms with Crippen molar-refractivity contribution in [3.8, 4) is 11.4 Å². The largest absolute Gasteiger partial charge is 0.465 e. The van der Waals surface area contributed by atoms with E-state index in [-0.39, 0.29) is 12.4 Å². The average molecular weight is 327 g/mol. The molecule has 1 aliphatic carbocycles. The number of imidazole rings is 1. The zero-order valence-corrected chi connectivity index (χ0v) is 12.6. The van der Waals surface area contributed by atoms with Gasteiger partial charge in [-0.05, 0) is 37.1 Å². The Morgan fingerprint density at radius 2 is 2.21 bits per heavy atom. The average Bonchev–Trinajstić information content (AvgIpc) is 3.33. The van der Waals surface area contributed by atoms with Crippen LogP contribution < -0.4 is 5.32 Å². The third-order valence-corrected chi connectivity index (χ3v) is 3.95. The molecule has 7 nitrogen and oxygen atoms in total. The van der Waals surface area contributed by atoms with Gasteiger partial charge in [-0.3, -0.25) is 0 Å². The maximum absolute atomic E-state index is 13.6. The van der Waals surface area contributed by atoms with E-state index in [1.807, 2.05) is 4.57 Å². The van der Waals surface area contributed by atoms with Gasteiger partial charge in [-0.25, -0.2) is 14.2 Å². The number of halogens is 1. The normalized spacial score (nSPS) is 14.0. The topological polar surface area (TPSA) is 92.9 Å². The Kier molecular flexibility index (Phi) is 3.37. The predicted octanol–water partition coefficient (Wildman–Crippen LogP) is 2.73. The molecule has 0 atom stereocenters. The van der Waals surface area contributed by atoms with E-state index >= 15 is 0 Å². The predicted molar refractivity (Wildman–Crippen MR) is 83.9 cm³/mol. The molecule has 1 aliphatic rings. The minimum atomic E-state index is -1.12. The number of fused-ring (bicyclic) bond motifs is 1. The first-order valence-corrected chi connectivity index (χ1v) is 7.58. The second-order valence-corrected chi connectivity index (χ2v) is 5.76. The van der Waals surface area contributed by atoms with Crippen molar-refractivity contribution in [2.24, 2.45) is 0 Å². The smallest absolute Gasteiger partial charge is 0.404 e. The highest BCUT2D eigenvalue weighted by atomic mass is 19.1. The Balaban J connectivity index is 1.80. The van der Waals surface area contributed by atoms with Gasteiger partial charge in [0, 0.05) is 11.6 Å². The summed E-state index contributed by atoms with van der Waals surface area (Å²) in [4.78, 5) is 15.2. The third kappa shape index (κ3) is 2.66. The third-order valence-electron chi connectivity index (χ3n) is 3.95. The molecule has 4 rings (SSSR count). The van der Waals surface area contributed by atoms with Crippen LogP contribution in [-0.2, 0) is 6.54 Å². The lowest BCUT2D eigenvalue weighted by Crippen LogP contribution is -2.20. The van der Waals surface area contributed by atoms with Gasteiger partial charge < -0.3 is 15.0 Å². The molecule has 122 valence electrons. The fourth-order valence-corrected chi connectivity index (χ4v) is 2.76. The van der Waals surface area contributed by atoms with E-state index < -0.39 is 6.09 Å². The van der Waals surface area contributed by atoms with Crippen LogP contribution in [0.4, 0.5) is 9.18 Å². The van der Waals surface area contributed by atoms with Gasteiger partial charge >= 0.3 is 6.09 Å². The summed E-state index contributed by atoms with van der Waals surface area (Å²) in [6.07, 6.45) is 2.52. The summed E-state index contributed by atoms with van der Waals surface area (Å²) in [5.41, 5.74) is 2.71. The number of carbonyl (C=O) groups is 1. The first-order chi connectivity index (χ1) is 11.6. The van der Waals surface area contributed by atoms with Crippen molar-refractivity contribution in [1.82, 2.24) is 25.1 Å². The lowest BCUT2D eigenvalue weighted by molar-refractivity contribution is 0.194. The molecular weight excluding hydrogens is 313 g/mol. The number of carboxylic acid groups (broad SMARTS) is 1. The maximum atomic E-state index is 13.6. The molecule has 1 saturated carbocycles. The first-order valence-electron chi connectivity index (χ1n) is 7.58. The van der Waals surface area contributed by atoms with Crippen LogP contribution in [0.2, 0.25) is 0 Å². The van der Waals surface area contributed by atoms with Crippen LogP contribution in [0, 0.1) is 5.82 Å². The van der Waals surface area contributed by atoms with Gasteiger partial charge in [-0.1, -0.05) is 0 Å². The van der Waals surface area contributed by atoms with Gasteiger partial charge in [0.15, 0.2) is 0 Å². The van der Waals surface area contributed by atoms with Crippen molar-refractivity contribution in [1.29, 1.82) is 0 Å². The zero-order chi connectivity index (χ0) is 16.7. The molecule has 0 radical (unpaired) electrons. The lowest BCUT2D eigenvalue weighted by atomic mass is 10.2. The van der Waals surface area contributed by atoms with Crippen molar-refractivity contribution >= 4 is 17.1 Å². The molecule has 1 aromatic carbocycles. The van der Waals surface area contributed by atoms with Crippen molar-refractivity contribution in [2.75, 3.05) is 0 Å². The van der Waals surface area contributed by atoms with Gasteiger partial charge in [-0.2, -0.15) is 10.2 Å². The van der Waals surface area contributed by atoms with E-state index in [2.05, 4.69) is 20.5 Å². The zero-order valence-electron chi connectivity index (χ0n) is 12.6. The molecule has 8 heteroatoms. The summed E-state index contributed by atoms with van der Waals surface area (Å²) < 4.78 is 15.7. The molecule has 0 spiro atoms. The minimum Gasteiger partial charge on any atom is -0.465 e. The Morgan fingerprint density at radius 1 is 1.38 bits per heavy atom. The Labute approximate surface area is 136 Å². The van der Waals surface area contributed by atoms with E-state index in [1.54, 1.807) is 18.3 Å². The van der Waals surface area contributed by atoms with E-state index in [0.29, 0.717) is 17.6 Å². The molecule has 2 N–H and O–H groups in total. The molecule has 24 heavy (non-hydrogen) atoms. The van der Waals surface area contributed by atoms with Crippen LogP contribution in [0.25, 0.3) is 22.4 Å². The standard InChI is InChI=1S/C16H14FN5O2/c17-10-1-4-13-14(6-10)22(12-2-3-12)15(20-13)9-5-11(21-19-7-9)8-18-16(23)24/h1,4-7,12,18H,2-3,8H2,(H,23,24). The van der Waals surface area contributed by atoms with Gasteiger partial charge in [0.05, 0.1) is 29.5 Å². The second-order valence-electron chi connectivity index (χ2n) is 5.76. The summed E-state index contributed by atoms with van der Waals surface area (Å²) in [5, 5.41) is 18.8. The molecule has 1 amide bonds. The fourth-order valence-electron chi connectivity index (χ4n) is 2.76. The fraction of sp³-hybridized carbons (Fsp3) is 0.250. The highest BCUT2D eigenvalue weighted by Crippen LogP contribution is 2.41. The lowest BCUT2D eigenvalue weighted by Gasteiger charge is -2.08. The van der Waals surface area contributed by atoms with Gasteiger partial charge in [0.1, 0.15) is 11.6 Å². The molecule has 2 aromatic heterocycles. The summed E-state index contributed by atoms with van der Waals surface area (Å²) in [5.74, 6) is 0.402. The minimum absolute atomic E-state index is 0.0639. The van der Waals surface area contributed by atoms with E-state index in [9.17, 15) is 9.18 Å². The Bertz CT molecular complexity index is 935. The van der Waals surface area contributed by atoms with Crippen LogP contribution in [0.15, 0.2) is 30.5 Å². The summed E-state index contributed by atoms with van der Waals surface area (Å²) in [7, 11) is 0. The Hall–Kier alpha value is -3.03. The van der Waals surface area contributed by atoms with Crippen molar-refractivity contribution in [3.05, 3.63) is 42.0 Å². The van der Waals surface area contributed by atoms with Crippen LogP contribution in [0.5, 0.6) is 0 Å². The van der Waals surface area contributed by atoms with Gasteiger partial charge in [-0.15, -0.1) is 0 Å². The Morgan fingerprint density at radius 3 is 2.96 bits per heavy atom. The molecule has 2 heterocycles. The summed E-state index contributed by atoms with van der Waals surface area (Å²) in [6, 6.07) is 6.60. The second kappa shape index (κ2) is 5.55. The number of benzene rings is 1. The highest BCUT2D eigenvalue weighted by molar-refractivity contribution is 5.81. The summed E-state index contributed by atoms with van der Waals surface area (Å²) in [6.45, 7) is 0.0639. The number of aromatic nitrogens is 4. The number of nitrogens with zero attached hydrogens (tertiary/aromatic N) is 4. The van der Waals surface area contributed by atoms with E-state index in [1.165, 1.54) is 12.1 Å². The molecular formula is C16H14FN5O2. The van der Waals surface area contributed by atoms with E-state index in [4.69, 9.17) is 5.11 Å². The van der Waals surface area contributed by atoms with Crippen LogP contribution in [0.3, 0.4) is 0 Å². The van der Waals surface area contributed by atoms with Gasteiger partial charge in [0.2, 0.25) is 0 Å². The molecule has 0 unspecified atom stereocenters. The number of rotatable bonds is 4. The molecule has 3 aromatic rings. The first kappa shape index (κ1) is 14.6. The van der Waals surface area contributed by atoms with Crippen LogP contribution >= 0.6 is 0 Å². The number of nitrogens with one attached hydrogen (secondary N) is 1. The number of hydrogen-bond donors (Lipinski definition) is 2. The van der Waals surface area contributed by atoms with Crippen molar-refractivity contribution in [2.45, 2.75) is 25.4 Å². The van der Waals surface area contributed by atoms with Crippen molar-refractivity contribution < 1.29 is 14.3 Å². The van der Waals surface area contributed by atoms with Crippen LogP contribution in [0.1, 0.15) is 24.6 Å². The monoisotopic (exact) mass is 327 g/mol. The molecule has 0 aliphatic heterocycles. The quantitative estimate of drug-likeness (QED) is 0.768. The number of hydrogen-bond acceptors (Lipinski definition) is 4. The molecule has 0 saturated heterocycles. The maximum Gasteiger partial charge on any atom is 0.404 e. The SMILES string of the molecule is O=C(O)NCc1cc(-c2nc3ccc(F)cc3n2C2CC2)cnn1.